The molecule has 13 heavy (non-hydrogen) atoms. The van der Waals surface area contributed by atoms with Gasteiger partial charge in [0.1, 0.15) is 0 Å². The quantitative estimate of drug-likeness (QED) is 0.688. The summed E-state index contributed by atoms with van der Waals surface area (Å²) in [5.74, 6) is 0.674. The predicted molar refractivity (Wildman–Crippen MR) is 57.8 cm³/mol. The summed E-state index contributed by atoms with van der Waals surface area (Å²) in [7, 11) is 0. The van der Waals surface area contributed by atoms with Crippen LogP contribution in [0.2, 0.25) is 0 Å². The fraction of sp³-hybridized carbons (Fsp3) is 0.500. The highest BCUT2D eigenvalue weighted by Crippen LogP contribution is 2.20. The van der Waals surface area contributed by atoms with Gasteiger partial charge in [-0.15, -0.1) is 0 Å². The third kappa shape index (κ3) is 3.60. The van der Waals surface area contributed by atoms with E-state index in [9.17, 15) is 0 Å². The zero-order valence-electron chi connectivity index (χ0n) is 8.37. The van der Waals surface area contributed by atoms with Crippen molar-refractivity contribution in [3.05, 3.63) is 35.9 Å². The van der Waals surface area contributed by atoms with Gasteiger partial charge in [-0.3, -0.25) is 0 Å². The molecule has 1 unspecified atom stereocenters. The number of hydrogen-bond donors (Lipinski definition) is 1. The van der Waals surface area contributed by atoms with E-state index in [1.165, 1.54) is 18.4 Å². The van der Waals surface area contributed by atoms with E-state index in [0.29, 0.717) is 5.92 Å². The Bertz CT molecular complexity index is 218. The molecule has 0 aliphatic heterocycles. The summed E-state index contributed by atoms with van der Waals surface area (Å²) < 4.78 is 0. The van der Waals surface area contributed by atoms with Crippen LogP contribution in [-0.2, 0) is 0 Å². The van der Waals surface area contributed by atoms with E-state index in [1.807, 2.05) is 0 Å². The Hall–Kier alpha value is -0.820. The van der Waals surface area contributed by atoms with Crippen molar-refractivity contribution in [1.29, 1.82) is 0 Å². The van der Waals surface area contributed by atoms with Crippen LogP contribution in [0, 0.1) is 0 Å². The van der Waals surface area contributed by atoms with Crippen molar-refractivity contribution in [3.63, 3.8) is 0 Å². The van der Waals surface area contributed by atoms with Crippen LogP contribution in [0.3, 0.4) is 0 Å². The van der Waals surface area contributed by atoms with E-state index in [-0.39, 0.29) is 0 Å². The minimum atomic E-state index is 0.674. The molecule has 0 bridgehead atoms. The maximum Gasteiger partial charge on any atom is -0.00773 e. The number of hydrogen-bond acceptors (Lipinski definition) is 1. The lowest BCUT2D eigenvalue weighted by molar-refractivity contribution is 0.609. The average molecular weight is 177 g/mol. The number of rotatable bonds is 5. The zero-order valence-corrected chi connectivity index (χ0v) is 8.37. The van der Waals surface area contributed by atoms with E-state index in [0.717, 1.165) is 13.0 Å². The molecule has 1 aromatic carbocycles. The minimum Gasteiger partial charge on any atom is -0.330 e. The first-order valence-electron chi connectivity index (χ1n) is 5.09. The molecule has 0 saturated carbocycles. The van der Waals surface area contributed by atoms with Crippen LogP contribution in [0.5, 0.6) is 0 Å². The molecular weight excluding hydrogens is 158 g/mol. The summed E-state index contributed by atoms with van der Waals surface area (Å²) in [5, 5.41) is 0. The van der Waals surface area contributed by atoms with E-state index in [2.05, 4.69) is 37.3 Å². The SMILES string of the molecule is CC(CCCCN)c1ccccc1. The lowest BCUT2D eigenvalue weighted by Gasteiger charge is -2.10. The molecule has 1 aromatic rings. The van der Waals surface area contributed by atoms with Gasteiger partial charge in [0.2, 0.25) is 0 Å². The minimum absolute atomic E-state index is 0.674. The second-order valence-electron chi connectivity index (χ2n) is 3.60. The Morgan fingerprint density at radius 3 is 2.46 bits per heavy atom. The first-order chi connectivity index (χ1) is 6.34. The second-order valence-corrected chi connectivity index (χ2v) is 3.60. The van der Waals surface area contributed by atoms with Crippen LogP contribution in [0.25, 0.3) is 0 Å². The Morgan fingerprint density at radius 1 is 1.15 bits per heavy atom. The normalized spacial score (nSPS) is 12.8. The first kappa shape index (κ1) is 10.3. The van der Waals surface area contributed by atoms with E-state index < -0.39 is 0 Å². The van der Waals surface area contributed by atoms with Crippen LogP contribution < -0.4 is 5.73 Å². The van der Waals surface area contributed by atoms with Crippen LogP contribution in [-0.4, -0.2) is 6.54 Å². The molecule has 1 heteroatoms. The highest BCUT2D eigenvalue weighted by atomic mass is 14.5. The van der Waals surface area contributed by atoms with Gasteiger partial charge in [-0.25, -0.2) is 0 Å². The molecule has 1 nitrogen and oxygen atoms in total. The first-order valence-corrected chi connectivity index (χ1v) is 5.09. The summed E-state index contributed by atoms with van der Waals surface area (Å²) in [5.41, 5.74) is 6.90. The maximum absolute atomic E-state index is 5.45. The van der Waals surface area contributed by atoms with Gasteiger partial charge in [0, 0.05) is 0 Å². The summed E-state index contributed by atoms with van der Waals surface area (Å²) in [6, 6.07) is 10.7. The molecule has 0 amide bonds. The molecular formula is C12H19N. The second kappa shape index (κ2) is 5.76. The average Bonchev–Trinajstić information content (AvgIpc) is 2.19. The van der Waals surface area contributed by atoms with Gasteiger partial charge in [-0.05, 0) is 30.9 Å². The summed E-state index contributed by atoms with van der Waals surface area (Å²) in [6.45, 7) is 3.10. The van der Waals surface area contributed by atoms with Crippen molar-refractivity contribution in [1.82, 2.24) is 0 Å². The lowest BCUT2D eigenvalue weighted by Crippen LogP contribution is -2.00. The van der Waals surface area contributed by atoms with Crippen molar-refractivity contribution in [2.24, 2.45) is 5.73 Å². The molecule has 0 aliphatic carbocycles. The Labute approximate surface area is 81.0 Å². The molecule has 2 N–H and O–H groups in total. The molecule has 72 valence electrons. The monoisotopic (exact) mass is 177 g/mol. The molecule has 1 rings (SSSR count). The van der Waals surface area contributed by atoms with Crippen molar-refractivity contribution in [3.8, 4) is 0 Å². The molecule has 0 aromatic heterocycles. The fourth-order valence-corrected chi connectivity index (χ4v) is 1.54. The smallest absolute Gasteiger partial charge is 0.00773 e. The van der Waals surface area contributed by atoms with E-state index >= 15 is 0 Å². The van der Waals surface area contributed by atoms with Gasteiger partial charge in [-0.1, -0.05) is 43.7 Å². The maximum atomic E-state index is 5.45. The van der Waals surface area contributed by atoms with Crippen LogP contribution in [0.4, 0.5) is 0 Å². The highest BCUT2D eigenvalue weighted by molar-refractivity contribution is 5.18. The van der Waals surface area contributed by atoms with E-state index in [1.54, 1.807) is 0 Å². The largest absolute Gasteiger partial charge is 0.330 e. The number of nitrogens with two attached hydrogens (primary N) is 1. The van der Waals surface area contributed by atoms with Crippen molar-refractivity contribution in [2.75, 3.05) is 6.54 Å². The third-order valence-electron chi connectivity index (χ3n) is 2.46. The van der Waals surface area contributed by atoms with Crippen LogP contribution >= 0.6 is 0 Å². The van der Waals surface area contributed by atoms with Crippen LogP contribution in [0.1, 0.15) is 37.7 Å². The van der Waals surface area contributed by atoms with Crippen molar-refractivity contribution in [2.45, 2.75) is 32.1 Å². The molecule has 0 spiro atoms. The molecule has 0 radical (unpaired) electrons. The number of benzene rings is 1. The zero-order chi connectivity index (χ0) is 9.52. The van der Waals surface area contributed by atoms with Gasteiger partial charge < -0.3 is 5.73 Å². The van der Waals surface area contributed by atoms with Crippen molar-refractivity contribution < 1.29 is 0 Å². The highest BCUT2D eigenvalue weighted by Gasteiger charge is 2.03. The Balaban J connectivity index is 2.35. The van der Waals surface area contributed by atoms with Crippen molar-refractivity contribution >= 4 is 0 Å². The van der Waals surface area contributed by atoms with E-state index in [4.69, 9.17) is 5.73 Å². The molecule has 1 atom stereocenters. The number of unbranched alkanes of at least 4 members (excludes halogenated alkanes) is 1. The summed E-state index contributed by atoms with van der Waals surface area (Å²) in [4.78, 5) is 0. The molecule has 0 fully saturated rings. The summed E-state index contributed by atoms with van der Waals surface area (Å²) in [6.07, 6.45) is 3.64. The van der Waals surface area contributed by atoms with Gasteiger partial charge in [-0.2, -0.15) is 0 Å². The third-order valence-corrected chi connectivity index (χ3v) is 2.46. The lowest BCUT2D eigenvalue weighted by atomic mass is 9.96. The predicted octanol–water partition coefficient (Wildman–Crippen LogP) is 2.92. The van der Waals surface area contributed by atoms with Crippen LogP contribution in [0.15, 0.2) is 30.3 Å². The van der Waals surface area contributed by atoms with Gasteiger partial charge in [0.25, 0.3) is 0 Å². The van der Waals surface area contributed by atoms with Gasteiger partial charge >= 0.3 is 0 Å². The molecule has 0 heterocycles. The molecule has 0 aliphatic rings. The summed E-state index contributed by atoms with van der Waals surface area (Å²) >= 11 is 0. The van der Waals surface area contributed by atoms with Gasteiger partial charge in [0.05, 0.1) is 0 Å². The Morgan fingerprint density at radius 2 is 1.85 bits per heavy atom. The molecule has 0 saturated heterocycles. The fourth-order valence-electron chi connectivity index (χ4n) is 1.54. The topological polar surface area (TPSA) is 26.0 Å². The standard InChI is InChI=1S/C12H19N/c1-11(7-5-6-10-13)12-8-3-2-4-9-12/h2-4,8-9,11H,5-7,10,13H2,1H3. The van der Waals surface area contributed by atoms with Gasteiger partial charge in [0.15, 0.2) is 0 Å². The Kier molecular flexibility index (Phi) is 4.55.